The molecule has 0 aliphatic carbocycles. The van der Waals surface area contributed by atoms with E-state index >= 15 is 0 Å². The van der Waals surface area contributed by atoms with Crippen molar-refractivity contribution in [3.05, 3.63) is 52.8 Å². The zero-order chi connectivity index (χ0) is 22.3. The molecule has 30 heavy (non-hydrogen) atoms. The van der Waals surface area contributed by atoms with E-state index in [1.165, 1.54) is 39.3 Å². The lowest BCUT2D eigenvalue weighted by atomic mass is 10.2. The van der Waals surface area contributed by atoms with Crippen molar-refractivity contribution < 1.29 is 33.0 Å². The fraction of sp³-hybridized carbons (Fsp3) is 0.250. The van der Waals surface area contributed by atoms with Crippen LogP contribution in [-0.2, 0) is 14.3 Å². The molecule has 0 radical (unpaired) electrons. The molecule has 0 spiro atoms. The molecule has 1 atom stereocenters. The summed E-state index contributed by atoms with van der Waals surface area (Å²) in [4.78, 5) is 36.3. The number of halogens is 2. The first kappa shape index (κ1) is 23.0. The van der Waals surface area contributed by atoms with Crippen LogP contribution in [0.5, 0.6) is 11.5 Å². The van der Waals surface area contributed by atoms with Crippen molar-refractivity contribution in [3.8, 4) is 11.5 Å². The second kappa shape index (κ2) is 10.4. The molecule has 2 N–H and O–H groups in total. The summed E-state index contributed by atoms with van der Waals surface area (Å²) in [5.74, 6) is -1.77. The minimum Gasteiger partial charge on any atom is -0.493 e. The number of carbonyl (C=O) groups is 3. The first-order valence-electron chi connectivity index (χ1n) is 8.70. The van der Waals surface area contributed by atoms with Crippen LogP contribution in [0.25, 0.3) is 0 Å². The molecule has 2 rings (SSSR count). The van der Waals surface area contributed by atoms with E-state index in [4.69, 9.17) is 25.8 Å². The lowest BCUT2D eigenvalue weighted by Gasteiger charge is -2.15. The van der Waals surface area contributed by atoms with Gasteiger partial charge in [0.15, 0.2) is 17.6 Å². The van der Waals surface area contributed by atoms with Crippen LogP contribution in [0, 0.1) is 5.82 Å². The lowest BCUT2D eigenvalue weighted by Crippen LogP contribution is -2.35. The van der Waals surface area contributed by atoms with Gasteiger partial charge in [-0.05, 0) is 43.3 Å². The predicted octanol–water partition coefficient (Wildman–Crippen LogP) is 2.80. The Morgan fingerprint density at radius 3 is 2.40 bits per heavy atom. The number of amides is 2. The van der Waals surface area contributed by atoms with Crippen LogP contribution in [-0.4, -0.2) is 44.7 Å². The molecule has 2 aromatic rings. The van der Waals surface area contributed by atoms with Gasteiger partial charge >= 0.3 is 5.97 Å². The van der Waals surface area contributed by atoms with E-state index in [1.807, 2.05) is 0 Å². The number of anilines is 1. The Morgan fingerprint density at radius 2 is 1.77 bits per heavy atom. The molecule has 0 saturated heterocycles. The van der Waals surface area contributed by atoms with Gasteiger partial charge in [-0.25, -0.2) is 4.39 Å². The third kappa shape index (κ3) is 6.08. The van der Waals surface area contributed by atoms with Gasteiger partial charge in [0, 0.05) is 5.56 Å². The monoisotopic (exact) mass is 438 g/mol. The Kier molecular flexibility index (Phi) is 7.99. The summed E-state index contributed by atoms with van der Waals surface area (Å²) in [5.41, 5.74) is 0.421. The van der Waals surface area contributed by atoms with Crippen molar-refractivity contribution in [2.24, 2.45) is 0 Å². The molecule has 0 fully saturated rings. The van der Waals surface area contributed by atoms with Gasteiger partial charge in [-0.3, -0.25) is 14.4 Å². The number of benzene rings is 2. The fourth-order valence-corrected chi connectivity index (χ4v) is 2.56. The summed E-state index contributed by atoms with van der Waals surface area (Å²) in [5, 5.41) is 4.83. The quantitative estimate of drug-likeness (QED) is 0.614. The van der Waals surface area contributed by atoms with Crippen molar-refractivity contribution in [2.45, 2.75) is 13.0 Å². The number of ether oxygens (including phenoxy) is 3. The molecule has 0 aliphatic heterocycles. The van der Waals surface area contributed by atoms with Gasteiger partial charge in [0.25, 0.3) is 11.8 Å². The number of nitrogens with one attached hydrogen (secondary N) is 2. The van der Waals surface area contributed by atoms with E-state index in [-0.39, 0.29) is 16.3 Å². The largest absolute Gasteiger partial charge is 0.493 e. The molecule has 10 heteroatoms. The highest BCUT2D eigenvalue weighted by Gasteiger charge is 2.20. The first-order valence-corrected chi connectivity index (χ1v) is 9.08. The molecule has 2 amide bonds. The van der Waals surface area contributed by atoms with E-state index in [9.17, 15) is 18.8 Å². The second-order valence-electron chi connectivity index (χ2n) is 6.00. The Hall–Kier alpha value is -3.33. The summed E-state index contributed by atoms with van der Waals surface area (Å²) < 4.78 is 28.3. The maximum atomic E-state index is 13.1. The van der Waals surface area contributed by atoms with E-state index in [0.29, 0.717) is 11.5 Å². The second-order valence-corrected chi connectivity index (χ2v) is 6.41. The molecule has 0 aromatic heterocycles. The predicted molar refractivity (Wildman–Crippen MR) is 107 cm³/mol. The minimum absolute atomic E-state index is 0.00376. The molecule has 0 aliphatic rings. The average Bonchev–Trinajstić information content (AvgIpc) is 2.73. The lowest BCUT2D eigenvalue weighted by molar-refractivity contribution is -0.152. The standard InChI is InChI=1S/C20H20ClFN2O6/c1-11(19(26)24-15-6-5-13(22)9-14(15)21)30-18(25)10-23-20(27)12-4-7-16(28-2)17(8-12)29-3/h4-9,11H,10H2,1-3H3,(H,23,27)(H,24,26). The number of rotatable bonds is 8. The van der Waals surface area contributed by atoms with Gasteiger partial charge in [-0.1, -0.05) is 11.6 Å². The Balaban J connectivity index is 1.87. The van der Waals surface area contributed by atoms with Gasteiger partial charge in [-0.2, -0.15) is 0 Å². The number of hydrogen-bond donors (Lipinski definition) is 2. The fourth-order valence-electron chi connectivity index (χ4n) is 2.35. The molecule has 0 saturated carbocycles. The van der Waals surface area contributed by atoms with Crippen molar-refractivity contribution in [2.75, 3.05) is 26.1 Å². The van der Waals surface area contributed by atoms with Crippen LogP contribution in [0.1, 0.15) is 17.3 Å². The Labute approximate surface area is 177 Å². The molecule has 0 heterocycles. The summed E-state index contributed by atoms with van der Waals surface area (Å²) in [6.07, 6.45) is -1.17. The molecule has 2 aromatic carbocycles. The first-order chi connectivity index (χ1) is 14.2. The van der Waals surface area contributed by atoms with Crippen LogP contribution in [0.4, 0.5) is 10.1 Å². The molecule has 8 nitrogen and oxygen atoms in total. The summed E-state index contributed by atoms with van der Waals surface area (Å²) >= 11 is 5.84. The van der Waals surface area contributed by atoms with Crippen LogP contribution in [0.3, 0.4) is 0 Å². The Morgan fingerprint density at radius 1 is 1.07 bits per heavy atom. The van der Waals surface area contributed by atoms with Crippen molar-refractivity contribution >= 4 is 35.1 Å². The van der Waals surface area contributed by atoms with Crippen LogP contribution < -0.4 is 20.1 Å². The molecular formula is C20H20ClFN2O6. The average molecular weight is 439 g/mol. The zero-order valence-corrected chi connectivity index (χ0v) is 17.2. The number of carbonyl (C=O) groups excluding carboxylic acids is 3. The number of esters is 1. The smallest absolute Gasteiger partial charge is 0.326 e. The maximum Gasteiger partial charge on any atom is 0.326 e. The third-order valence-corrected chi connectivity index (χ3v) is 4.22. The molecule has 0 bridgehead atoms. The van der Waals surface area contributed by atoms with Gasteiger partial charge < -0.3 is 24.8 Å². The van der Waals surface area contributed by atoms with E-state index < -0.39 is 36.2 Å². The van der Waals surface area contributed by atoms with E-state index in [2.05, 4.69) is 10.6 Å². The van der Waals surface area contributed by atoms with Crippen LogP contribution >= 0.6 is 11.6 Å². The highest BCUT2D eigenvalue weighted by Crippen LogP contribution is 2.27. The summed E-state index contributed by atoms with van der Waals surface area (Å²) in [7, 11) is 2.90. The van der Waals surface area contributed by atoms with Crippen molar-refractivity contribution in [1.29, 1.82) is 0 Å². The van der Waals surface area contributed by atoms with Crippen LogP contribution in [0.15, 0.2) is 36.4 Å². The van der Waals surface area contributed by atoms with Gasteiger partial charge in [0.05, 0.1) is 24.9 Å². The number of hydrogen-bond acceptors (Lipinski definition) is 6. The zero-order valence-electron chi connectivity index (χ0n) is 16.5. The van der Waals surface area contributed by atoms with Gasteiger partial charge in [-0.15, -0.1) is 0 Å². The third-order valence-electron chi connectivity index (χ3n) is 3.91. The highest BCUT2D eigenvalue weighted by atomic mass is 35.5. The van der Waals surface area contributed by atoms with E-state index in [1.54, 1.807) is 6.07 Å². The van der Waals surface area contributed by atoms with Crippen molar-refractivity contribution in [1.82, 2.24) is 5.32 Å². The van der Waals surface area contributed by atoms with Gasteiger partial charge in [0.1, 0.15) is 12.4 Å². The summed E-state index contributed by atoms with van der Waals surface area (Å²) in [6.45, 7) is 0.892. The maximum absolute atomic E-state index is 13.1. The molecule has 1 unspecified atom stereocenters. The molecule has 160 valence electrons. The Bertz CT molecular complexity index is 953. The minimum atomic E-state index is -1.17. The van der Waals surface area contributed by atoms with Crippen molar-refractivity contribution in [3.63, 3.8) is 0 Å². The SMILES string of the molecule is COc1ccc(C(=O)NCC(=O)OC(C)C(=O)Nc2ccc(F)cc2Cl)cc1OC. The normalized spacial score (nSPS) is 11.2. The van der Waals surface area contributed by atoms with Gasteiger partial charge in [0.2, 0.25) is 0 Å². The topological polar surface area (TPSA) is 103 Å². The van der Waals surface area contributed by atoms with Crippen LogP contribution in [0.2, 0.25) is 5.02 Å². The number of methoxy groups -OCH3 is 2. The van der Waals surface area contributed by atoms with E-state index in [0.717, 1.165) is 12.1 Å². The molecular weight excluding hydrogens is 419 g/mol. The highest BCUT2D eigenvalue weighted by molar-refractivity contribution is 6.33. The summed E-state index contributed by atoms with van der Waals surface area (Å²) in [6, 6.07) is 7.97.